The third-order valence-corrected chi connectivity index (χ3v) is 4.24. The number of benzene rings is 1. The number of methoxy groups -OCH3 is 1. The van der Waals surface area contributed by atoms with E-state index in [-0.39, 0.29) is 5.69 Å². The SMILES string of the molecule is CCCCCCCCCCCCNc1ccc([N+](=O)[O-])cc1OC. The maximum Gasteiger partial charge on any atom is 0.273 e. The van der Waals surface area contributed by atoms with Crippen LogP contribution in [0.25, 0.3) is 0 Å². The Bertz CT molecular complexity index is 478. The number of nitrogens with one attached hydrogen (secondary N) is 1. The highest BCUT2D eigenvalue weighted by Crippen LogP contribution is 2.28. The van der Waals surface area contributed by atoms with Gasteiger partial charge in [0.15, 0.2) is 0 Å². The Hall–Kier alpha value is -1.78. The summed E-state index contributed by atoms with van der Waals surface area (Å²) in [6.07, 6.45) is 13.1. The minimum absolute atomic E-state index is 0.0522. The number of hydrogen-bond donors (Lipinski definition) is 1. The highest BCUT2D eigenvalue weighted by molar-refractivity contribution is 5.60. The van der Waals surface area contributed by atoms with Crippen LogP contribution in [-0.2, 0) is 0 Å². The molecule has 136 valence electrons. The van der Waals surface area contributed by atoms with Crippen molar-refractivity contribution in [1.82, 2.24) is 0 Å². The second-order valence-electron chi connectivity index (χ2n) is 6.25. The number of non-ortho nitro benzene ring substituents is 1. The van der Waals surface area contributed by atoms with Crippen molar-refractivity contribution < 1.29 is 9.66 Å². The largest absolute Gasteiger partial charge is 0.494 e. The van der Waals surface area contributed by atoms with Gasteiger partial charge >= 0.3 is 0 Å². The predicted octanol–water partition coefficient (Wildman–Crippen LogP) is 5.94. The van der Waals surface area contributed by atoms with Crippen molar-refractivity contribution in [3.8, 4) is 5.75 Å². The van der Waals surface area contributed by atoms with Gasteiger partial charge in [-0.25, -0.2) is 0 Å². The minimum atomic E-state index is -0.408. The van der Waals surface area contributed by atoms with Gasteiger partial charge in [0, 0.05) is 12.6 Å². The third kappa shape index (κ3) is 8.18. The number of nitro benzene ring substituents is 1. The molecule has 5 heteroatoms. The Kier molecular flexibility index (Phi) is 10.7. The molecule has 0 aliphatic carbocycles. The van der Waals surface area contributed by atoms with Crippen LogP contribution in [-0.4, -0.2) is 18.6 Å². The van der Waals surface area contributed by atoms with E-state index >= 15 is 0 Å². The summed E-state index contributed by atoms with van der Waals surface area (Å²) in [5.41, 5.74) is 0.871. The van der Waals surface area contributed by atoms with Gasteiger partial charge in [0.2, 0.25) is 0 Å². The standard InChI is InChI=1S/C19H32N2O3/c1-3-4-5-6-7-8-9-10-11-12-15-20-18-14-13-17(21(22)23)16-19(18)24-2/h13-14,16,20H,3-12,15H2,1-2H3. The zero-order chi connectivity index (χ0) is 17.6. The molecule has 0 spiro atoms. The normalized spacial score (nSPS) is 10.6. The molecule has 1 N–H and O–H groups in total. The van der Waals surface area contributed by atoms with Crippen molar-refractivity contribution in [2.24, 2.45) is 0 Å². The first-order chi connectivity index (χ1) is 11.7. The number of ether oxygens (including phenoxy) is 1. The Morgan fingerprint density at radius 3 is 2.12 bits per heavy atom. The van der Waals surface area contributed by atoms with Crippen LogP contribution < -0.4 is 10.1 Å². The third-order valence-electron chi connectivity index (χ3n) is 4.24. The lowest BCUT2D eigenvalue weighted by Gasteiger charge is -2.10. The molecule has 0 atom stereocenters. The van der Waals surface area contributed by atoms with E-state index in [1.54, 1.807) is 6.07 Å². The van der Waals surface area contributed by atoms with Crippen LogP contribution in [0.3, 0.4) is 0 Å². The average Bonchev–Trinajstić information content (AvgIpc) is 2.59. The van der Waals surface area contributed by atoms with Crippen molar-refractivity contribution in [3.05, 3.63) is 28.3 Å². The molecule has 1 aromatic carbocycles. The lowest BCUT2D eigenvalue weighted by Crippen LogP contribution is -2.03. The van der Waals surface area contributed by atoms with Crippen molar-refractivity contribution in [1.29, 1.82) is 0 Å². The van der Waals surface area contributed by atoms with Crippen molar-refractivity contribution in [2.45, 2.75) is 71.1 Å². The predicted molar refractivity (Wildman–Crippen MR) is 100.0 cm³/mol. The number of hydrogen-bond acceptors (Lipinski definition) is 4. The summed E-state index contributed by atoms with van der Waals surface area (Å²) in [6, 6.07) is 4.68. The van der Waals surface area contributed by atoms with E-state index in [0.29, 0.717) is 5.75 Å². The molecule has 0 saturated heterocycles. The summed E-state index contributed by atoms with van der Waals surface area (Å²) in [5.74, 6) is 0.524. The number of nitro groups is 1. The molecule has 0 aromatic heterocycles. The van der Waals surface area contributed by atoms with Crippen molar-refractivity contribution >= 4 is 11.4 Å². The number of nitrogens with zero attached hydrogens (tertiary/aromatic N) is 1. The average molecular weight is 336 g/mol. The number of rotatable bonds is 14. The topological polar surface area (TPSA) is 64.4 Å². The van der Waals surface area contributed by atoms with Crippen LogP contribution in [0.5, 0.6) is 5.75 Å². The number of anilines is 1. The lowest BCUT2D eigenvalue weighted by atomic mass is 10.1. The molecule has 0 fully saturated rings. The second kappa shape index (κ2) is 12.6. The van der Waals surface area contributed by atoms with Gasteiger partial charge in [0.25, 0.3) is 5.69 Å². The quantitative estimate of drug-likeness (QED) is 0.259. The minimum Gasteiger partial charge on any atom is -0.494 e. The van der Waals surface area contributed by atoms with Crippen LogP contribution in [0.1, 0.15) is 71.1 Å². The molecule has 0 heterocycles. The van der Waals surface area contributed by atoms with E-state index in [1.807, 2.05) is 0 Å². The fourth-order valence-electron chi connectivity index (χ4n) is 2.78. The molecule has 0 aliphatic heterocycles. The fourth-order valence-corrected chi connectivity index (χ4v) is 2.78. The zero-order valence-electron chi connectivity index (χ0n) is 15.2. The molecule has 0 saturated carbocycles. The van der Waals surface area contributed by atoms with Gasteiger partial charge in [0.05, 0.1) is 23.8 Å². The summed E-state index contributed by atoms with van der Waals surface area (Å²) in [4.78, 5) is 10.4. The van der Waals surface area contributed by atoms with E-state index < -0.39 is 4.92 Å². The number of unbranched alkanes of at least 4 members (excludes halogenated alkanes) is 9. The molecular formula is C19H32N2O3. The summed E-state index contributed by atoms with van der Waals surface area (Å²) < 4.78 is 5.22. The molecular weight excluding hydrogens is 304 g/mol. The summed E-state index contributed by atoms with van der Waals surface area (Å²) in [5, 5.41) is 14.1. The zero-order valence-corrected chi connectivity index (χ0v) is 15.2. The van der Waals surface area contributed by atoms with Crippen molar-refractivity contribution in [2.75, 3.05) is 19.0 Å². The first-order valence-electron chi connectivity index (χ1n) is 9.25. The van der Waals surface area contributed by atoms with Gasteiger partial charge in [-0.3, -0.25) is 10.1 Å². The van der Waals surface area contributed by atoms with Crippen molar-refractivity contribution in [3.63, 3.8) is 0 Å². The molecule has 1 rings (SSSR count). The van der Waals surface area contributed by atoms with Gasteiger partial charge < -0.3 is 10.1 Å². The van der Waals surface area contributed by atoms with Crippen LogP contribution in [0.15, 0.2) is 18.2 Å². The lowest BCUT2D eigenvalue weighted by molar-refractivity contribution is -0.384. The second-order valence-corrected chi connectivity index (χ2v) is 6.25. The molecule has 0 bridgehead atoms. The van der Waals surface area contributed by atoms with Gasteiger partial charge in [0.1, 0.15) is 5.75 Å². The Labute approximate surface area is 145 Å². The molecule has 5 nitrogen and oxygen atoms in total. The van der Waals surface area contributed by atoms with E-state index in [1.165, 1.54) is 77.0 Å². The maximum absolute atomic E-state index is 10.8. The Morgan fingerprint density at radius 1 is 1.00 bits per heavy atom. The molecule has 0 unspecified atom stereocenters. The molecule has 0 radical (unpaired) electrons. The van der Waals surface area contributed by atoms with E-state index in [9.17, 15) is 10.1 Å². The molecule has 0 amide bonds. The van der Waals surface area contributed by atoms with Crippen LogP contribution in [0.4, 0.5) is 11.4 Å². The monoisotopic (exact) mass is 336 g/mol. The van der Waals surface area contributed by atoms with E-state index in [2.05, 4.69) is 12.2 Å². The van der Waals surface area contributed by atoms with E-state index in [0.717, 1.165) is 18.7 Å². The molecule has 1 aromatic rings. The molecule has 24 heavy (non-hydrogen) atoms. The van der Waals surface area contributed by atoms with Crippen LogP contribution in [0, 0.1) is 10.1 Å². The summed E-state index contributed by atoms with van der Waals surface area (Å²) in [7, 11) is 1.53. The first kappa shape index (κ1) is 20.3. The summed E-state index contributed by atoms with van der Waals surface area (Å²) in [6.45, 7) is 3.12. The van der Waals surface area contributed by atoms with E-state index in [4.69, 9.17) is 4.74 Å². The highest BCUT2D eigenvalue weighted by atomic mass is 16.6. The van der Waals surface area contributed by atoms with Gasteiger partial charge in [-0.1, -0.05) is 64.7 Å². The van der Waals surface area contributed by atoms with Gasteiger partial charge in [-0.2, -0.15) is 0 Å². The fraction of sp³-hybridized carbons (Fsp3) is 0.684. The van der Waals surface area contributed by atoms with Crippen LogP contribution in [0.2, 0.25) is 0 Å². The molecule has 0 aliphatic rings. The van der Waals surface area contributed by atoms with Crippen LogP contribution >= 0.6 is 0 Å². The summed E-state index contributed by atoms with van der Waals surface area (Å²) >= 11 is 0. The Morgan fingerprint density at radius 2 is 1.58 bits per heavy atom. The smallest absolute Gasteiger partial charge is 0.273 e. The highest BCUT2D eigenvalue weighted by Gasteiger charge is 2.10. The van der Waals surface area contributed by atoms with Gasteiger partial charge in [-0.15, -0.1) is 0 Å². The maximum atomic E-state index is 10.8. The first-order valence-corrected chi connectivity index (χ1v) is 9.25. The van der Waals surface area contributed by atoms with Gasteiger partial charge in [-0.05, 0) is 12.5 Å². The Balaban J connectivity index is 2.12.